The van der Waals surface area contributed by atoms with Gasteiger partial charge in [0, 0.05) is 11.6 Å². The van der Waals surface area contributed by atoms with E-state index in [2.05, 4.69) is 10.2 Å². The summed E-state index contributed by atoms with van der Waals surface area (Å²) in [6.45, 7) is 1.97. The van der Waals surface area contributed by atoms with Gasteiger partial charge < -0.3 is 19.0 Å². The Morgan fingerprint density at radius 2 is 1.71 bits per heavy atom. The highest BCUT2D eigenvalue weighted by Gasteiger charge is 2.17. The van der Waals surface area contributed by atoms with E-state index in [1.807, 2.05) is 31.2 Å². The molecule has 0 bridgehead atoms. The van der Waals surface area contributed by atoms with Gasteiger partial charge in [-0.25, -0.2) is 4.79 Å². The minimum absolute atomic E-state index is 0.0716. The van der Waals surface area contributed by atoms with Gasteiger partial charge in [-0.2, -0.15) is 0 Å². The Labute approximate surface area is 166 Å². The molecule has 3 aromatic rings. The predicted molar refractivity (Wildman–Crippen MR) is 105 cm³/mol. The summed E-state index contributed by atoms with van der Waals surface area (Å²) in [6.07, 6.45) is 1.56. The van der Waals surface area contributed by atoms with Gasteiger partial charge in [0.15, 0.2) is 0 Å². The van der Waals surface area contributed by atoms with Crippen LogP contribution in [-0.4, -0.2) is 35.5 Å². The number of hydrogen-bond acceptors (Lipinski definition) is 7. The molecule has 0 radical (unpaired) electrons. The molecule has 8 heteroatoms. The van der Waals surface area contributed by atoms with Crippen molar-refractivity contribution >= 4 is 23.8 Å². The van der Waals surface area contributed by atoms with Gasteiger partial charge >= 0.3 is 5.97 Å². The number of benzene rings is 2. The van der Waals surface area contributed by atoms with Crippen LogP contribution in [0.3, 0.4) is 0 Å². The Morgan fingerprint density at radius 1 is 1.07 bits per heavy atom. The zero-order chi connectivity index (χ0) is 20.1. The summed E-state index contributed by atoms with van der Waals surface area (Å²) < 4.78 is 16.1. The molecular formula is C20H18N2O5S. The smallest absolute Gasteiger partial charge is 0.342 e. The summed E-state index contributed by atoms with van der Waals surface area (Å²) in [5, 5.41) is 17.6. The minimum atomic E-state index is -1.08. The van der Waals surface area contributed by atoms with E-state index in [4.69, 9.17) is 13.9 Å². The summed E-state index contributed by atoms with van der Waals surface area (Å²) in [6, 6.07) is 12.7. The molecule has 0 amide bonds. The standard InChI is InChI=1S/C20H18N2O5S/c1-12-4-6-13(7-5-12)8-17(19(23)24)28-20-22-21-18(27-20)14-9-15(25-2)11-16(10-14)26-3/h4-11H,1-3H3,(H,23,24)/b17-8-. The third kappa shape index (κ3) is 4.72. The lowest BCUT2D eigenvalue weighted by Crippen LogP contribution is -1.96. The molecule has 1 N–H and O–H groups in total. The maximum atomic E-state index is 11.6. The highest BCUT2D eigenvalue weighted by molar-refractivity contribution is 8.03. The van der Waals surface area contributed by atoms with Crippen molar-refractivity contribution in [3.63, 3.8) is 0 Å². The summed E-state index contributed by atoms with van der Waals surface area (Å²) >= 11 is 0.890. The number of aromatic nitrogens is 2. The van der Waals surface area contributed by atoms with Crippen LogP contribution < -0.4 is 9.47 Å². The van der Waals surface area contributed by atoms with Crippen molar-refractivity contribution in [2.45, 2.75) is 12.1 Å². The van der Waals surface area contributed by atoms with Gasteiger partial charge in [0.25, 0.3) is 5.22 Å². The average molecular weight is 398 g/mol. The van der Waals surface area contributed by atoms with Crippen molar-refractivity contribution in [3.8, 4) is 23.0 Å². The van der Waals surface area contributed by atoms with Gasteiger partial charge in [0.1, 0.15) is 16.4 Å². The van der Waals surface area contributed by atoms with Gasteiger partial charge in [-0.3, -0.25) is 0 Å². The number of rotatable bonds is 7. The first kappa shape index (κ1) is 19.5. The normalized spacial score (nSPS) is 11.3. The molecule has 0 fully saturated rings. The number of methoxy groups -OCH3 is 2. The maximum Gasteiger partial charge on any atom is 0.342 e. The zero-order valence-electron chi connectivity index (χ0n) is 15.5. The predicted octanol–water partition coefficient (Wildman–Crippen LogP) is 4.28. The highest BCUT2D eigenvalue weighted by atomic mass is 32.2. The summed E-state index contributed by atoms with van der Waals surface area (Å²) in [5.74, 6) is 0.313. The van der Waals surface area contributed by atoms with Gasteiger partial charge in [-0.05, 0) is 42.5 Å². The topological polar surface area (TPSA) is 94.7 Å². The largest absolute Gasteiger partial charge is 0.497 e. The number of carboxylic acids is 1. The molecule has 144 valence electrons. The number of carbonyl (C=O) groups is 1. The van der Waals surface area contributed by atoms with Gasteiger partial charge in [-0.15, -0.1) is 10.2 Å². The minimum Gasteiger partial charge on any atom is -0.497 e. The molecule has 0 saturated heterocycles. The van der Waals surface area contributed by atoms with Crippen LogP contribution >= 0.6 is 11.8 Å². The van der Waals surface area contributed by atoms with Crippen molar-refractivity contribution < 1.29 is 23.8 Å². The van der Waals surface area contributed by atoms with Crippen molar-refractivity contribution in [2.24, 2.45) is 0 Å². The number of carboxylic acid groups (broad SMARTS) is 1. The van der Waals surface area contributed by atoms with Crippen LogP contribution in [0, 0.1) is 6.92 Å². The van der Waals surface area contributed by atoms with Crippen LogP contribution in [0.5, 0.6) is 11.5 Å². The second kappa shape index (κ2) is 8.62. The van der Waals surface area contributed by atoms with Crippen LogP contribution in [-0.2, 0) is 4.79 Å². The molecule has 0 atom stereocenters. The van der Waals surface area contributed by atoms with E-state index < -0.39 is 5.97 Å². The van der Waals surface area contributed by atoms with Crippen molar-refractivity contribution in [3.05, 3.63) is 58.5 Å². The first-order chi connectivity index (χ1) is 13.5. The second-order valence-electron chi connectivity index (χ2n) is 5.80. The van der Waals surface area contributed by atoms with Crippen LogP contribution in [0.25, 0.3) is 17.5 Å². The molecule has 0 spiro atoms. The molecule has 0 unspecified atom stereocenters. The van der Waals surface area contributed by atoms with Crippen molar-refractivity contribution in [2.75, 3.05) is 14.2 Å². The molecule has 0 aliphatic heterocycles. The van der Waals surface area contributed by atoms with E-state index in [1.165, 1.54) is 0 Å². The molecule has 0 aliphatic carbocycles. The van der Waals surface area contributed by atoms with Crippen LogP contribution in [0.15, 0.2) is 57.0 Å². The molecule has 3 rings (SSSR count). The Morgan fingerprint density at radius 3 is 2.29 bits per heavy atom. The lowest BCUT2D eigenvalue weighted by molar-refractivity contribution is -0.131. The fourth-order valence-corrected chi connectivity index (χ4v) is 3.01. The third-order valence-corrected chi connectivity index (χ3v) is 4.64. The number of hydrogen-bond donors (Lipinski definition) is 1. The monoisotopic (exact) mass is 398 g/mol. The summed E-state index contributed by atoms with van der Waals surface area (Å²) in [4.78, 5) is 11.7. The van der Waals surface area contributed by atoms with Gasteiger partial charge in [0.2, 0.25) is 5.89 Å². The zero-order valence-corrected chi connectivity index (χ0v) is 16.3. The van der Waals surface area contributed by atoms with Crippen molar-refractivity contribution in [1.82, 2.24) is 10.2 Å². The van der Waals surface area contributed by atoms with Crippen LogP contribution in [0.1, 0.15) is 11.1 Å². The van der Waals surface area contributed by atoms with E-state index >= 15 is 0 Å². The number of thioether (sulfide) groups is 1. The second-order valence-corrected chi connectivity index (χ2v) is 6.79. The average Bonchev–Trinajstić information content (AvgIpc) is 3.17. The Hall–Kier alpha value is -3.26. The Kier molecular flexibility index (Phi) is 6.00. The van der Waals surface area contributed by atoms with E-state index in [1.54, 1.807) is 38.5 Å². The van der Waals surface area contributed by atoms with E-state index in [0.29, 0.717) is 17.1 Å². The van der Waals surface area contributed by atoms with Crippen LogP contribution in [0.2, 0.25) is 0 Å². The van der Waals surface area contributed by atoms with Gasteiger partial charge in [0.05, 0.1) is 14.2 Å². The molecule has 7 nitrogen and oxygen atoms in total. The van der Waals surface area contributed by atoms with Gasteiger partial charge in [-0.1, -0.05) is 29.8 Å². The Bertz CT molecular complexity index is 989. The molecule has 1 aromatic heterocycles. The number of ether oxygens (including phenoxy) is 2. The molecule has 28 heavy (non-hydrogen) atoms. The highest BCUT2D eigenvalue weighted by Crippen LogP contribution is 2.33. The Balaban J connectivity index is 1.86. The lowest BCUT2D eigenvalue weighted by Gasteiger charge is -2.05. The molecule has 0 saturated carbocycles. The van der Waals surface area contributed by atoms with Crippen LogP contribution in [0.4, 0.5) is 0 Å². The first-order valence-electron chi connectivity index (χ1n) is 8.25. The van der Waals surface area contributed by atoms with E-state index in [-0.39, 0.29) is 16.0 Å². The summed E-state index contributed by atoms with van der Waals surface area (Å²) in [5.41, 5.74) is 2.47. The number of aryl methyl sites for hydroxylation is 1. The molecule has 0 aliphatic rings. The summed E-state index contributed by atoms with van der Waals surface area (Å²) in [7, 11) is 3.09. The third-order valence-electron chi connectivity index (χ3n) is 3.79. The SMILES string of the molecule is COc1cc(OC)cc(-c2nnc(S/C(=C\c3ccc(C)cc3)C(=O)O)o2)c1. The first-order valence-corrected chi connectivity index (χ1v) is 9.06. The fourth-order valence-electron chi connectivity index (χ4n) is 2.34. The number of nitrogens with zero attached hydrogens (tertiary/aromatic N) is 2. The van der Waals surface area contributed by atoms with E-state index in [9.17, 15) is 9.90 Å². The molecule has 2 aromatic carbocycles. The molecule has 1 heterocycles. The lowest BCUT2D eigenvalue weighted by atomic mass is 10.1. The van der Waals surface area contributed by atoms with E-state index in [0.717, 1.165) is 22.9 Å². The maximum absolute atomic E-state index is 11.6. The molecular weight excluding hydrogens is 380 g/mol. The number of aliphatic carboxylic acids is 1. The quantitative estimate of drug-likeness (QED) is 0.465. The van der Waals surface area contributed by atoms with Crippen molar-refractivity contribution in [1.29, 1.82) is 0 Å². The fraction of sp³-hybridized carbons (Fsp3) is 0.150.